The Balaban J connectivity index is 2.07. The number of aromatic nitrogens is 1. The van der Waals surface area contributed by atoms with Crippen LogP contribution in [0.25, 0.3) is 22.0 Å². The summed E-state index contributed by atoms with van der Waals surface area (Å²) in [7, 11) is 1.56. The highest BCUT2D eigenvalue weighted by molar-refractivity contribution is 6.06. The number of aryl methyl sites for hydroxylation is 1. The fourth-order valence-electron chi connectivity index (χ4n) is 3.50. The smallest absolute Gasteiger partial charge is 0.411 e. The predicted molar refractivity (Wildman–Crippen MR) is 106 cm³/mol. The van der Waals surface area contributed by atoms with Gasteiger partial charge in [0.2, 0.25) is 0 Å². The third kappa shape index (κ3) is 3.33. The first-order valence-corrected chi connectivity index (χ1v) is 9.13. The molecule has 0 spiro atoms. The van der Waals surface area contributed by atoms with Gasteiger partial charge in [-0.2, -0.15) is 0 Å². The molecule has 0 aliphatic heterocycles. The predicted octanol–water partition coefficient (Wildman–Crippen LogP) is 4.98. The minimum Gasteiger partial charge on any atom is -0.508 e. The Hall–Kier alpha value is -3.08. The van der Waals surface area contributed by atoms with E-state index in [0.29, 0.717) is 11.6 Å². The molecule has 0 unspecified atom stereocenters. The zero-order valence-corrected chi connectivity index (χ0v) is 15.4. The Morgan fingerprint density at radius 2 is 1.89 bits per heavy atom. The molecule has 1 aliphatic carbocycles. The summed E-state index contributed by atoms with van der Waals surface area (Å²) in [5.41, 5.74) is 5.02. The minimum atomic E-state index is -1.03. The van der Waals surface area contributed by atoms with Crippen LogP contribution in [0.4, 0.5) is 10.5 Å². The van der Waals surface area contributed by atoms with Crippen molar-refractivity contribution in [2.45, 2.75) is 26.2 Å². The summed E-state index contributed by atoms with van der Waals surface area (Å²) in [6.07, 6.45) is 2.06. The number of carbonyl (C=O) groups is 1. The maximum atomic E-state index is 11.8. The van der Waals surface area contributed by atoms with Gasteiger partial charge in [0.1, 0.15) is 5.75 Å². The van der Waals surface area contributed by atoms with Crippen LogP contribution in [-0.4, -0.2) is 28.3 Å². The first-order chi connectivity index (χ1) is 12.9. The highest BCUT2D eigenvalue weighted by Crippen LogP contribution is 2.43. The van der Waals surface area contributed by atoms with Gasteiger partial charge in [-0.15, -0.1) is 0 Å². The van der Waals surface area contributed by atoms with E-state index in [1.54, 1.807) is 25.2 Å². The van der Waals surface area contributed by atoms with Crippen molar-refractivity contribution in [3.63, 3.8) is 0 Å². The topological polar surface area (TPSA) is 73.7 Å². The third-order valence-corrected chi connectivity index (χ3v) is 5.16. The van der Waals surface area contributed by atoms with E-state index in [9.17, 15) is 15.0 Å². The number of benzene rings is 2. The van der Waals surface area contributed by atoms with Crippen molar-refractivity contribution in [3.8, 4) is 16.9 Å². The summed E-state index contributed by atoms with van der Waals surface area (Å²) in [6, 6.07) is 13.1. The molecule has 0 atom stereocenters. The van der Waals surface area contributed by atoms with Crippen molar-refractivity contribution in [1.82, 2.24) is 4.98 Å². The molecule has 1 amide bonds. The van der Waals surface area contributed by atoms with Gasteiger partial charge in [0.25, 0.3) is 0 Å². The zero-order valence-electron chi connectivity index (χ0n) is 15.4. The molecule has 27 heavy (non-hydrogen) atoms. The van der Waals surface area contributed by atoms with Crippen LogP contribution in [0.3, 0.4) is 0 Å². The van der Waals surface area contributed by atoms with Crippen molar-refractivity contribution in [2.75, 3.05) is 11.9 Å². The molecule has 1 aliphatic rings. The second kappa shape index (κ2) is 6.58. The molecule has 138 valence electrons. The standard InChI is InChI=1S/C22H22N2O3/c1-13-3-7-15(8-4-13)20-17-12-16(25)9-10-18(17)23-19(11-14-5-6-14)21(20)24(2)22(26)27/h3-4,7-10,12,14,25H,5-6,11H2,1-2H3,(H,26,27). The lowest BCUT2D eigenvalue weighted by molar-refractivity contribution is 0.203. The van der Waals surface area contributed by atoms with Crippen LogP contribution >= 0.6 is 0 Å². The van der Waals surface area contributed by atoms with Crippen molar-refractivity contribution in [1.29, 1.82) is 0 Å². The van der Waals surface area contributed by atoms with E-state index in [4.69, 9.17) is 4.98 Å². The molecule has 1 heterocycles. The van der Waals surface area contributed by atoms with E-state index < -0.39 is 6.09 Å². The second-order valence-electron chi connectivity index (χ2n) is 7.34. The molecule has 2 aromatic carbocycles. The van der Waals surface area contributed by atoms with Gasteiger partial charge >= 0.3 is 6.09 Å². The first-order valence-electron chi connectivity index (χ1n) is 9.13. The maximum Gasteiger partial charge on any atom is 0.411 e. The Labute approximate surface area is 157 Å². The van der Waals surface area contributed by atoms with Crippen LogP contribution in [0, 0.1) is 12.8 Å². The zero-order chi connectivity index (χ0) is 19.1. The molecule has 5 heteroatoms. The van der Waals surface area contributed by atoms with Crippen LogP contribution < -0.4 is 4.90 Å². The summed E-state index contributed by atoms with van der Waals surface area (Å²) >= 11 is 0. The monoisotopic (exact) mass is 362 g/mol. The third-order valence-electron chi connectivity index (χ3n) is 5.16. The lowest BCUT2D eigenvalue weighted by Crippen LogP contribution is -2.26. The molecule has 0 radical (unpaired) electrons. The van der Waals surface area contributed by atoms with Gasteiger partial charge in [0.05, 0.1) is 16.9 Å². The van der Waals surface area contributed by atoms with Gasteiger partial charge < -0.3 is 10.2 Å². The number of aromatic hydroxyl groups is 1. The summed E-state index contributed by atoms with van der Waals surface area (Å²) in [5, 5.41) is 20.5. The summed E-state index contributed by atoms with van der Waals surface area (Å²) in [6.45, 7) is 2.02. The second-order valence-corrected chi connectivity index (χ2v) is 7.34. The van der Waals surface area contributed by atoms with Crippen LogP contribution in [0.15, 0.2) is 42.5 Å². The SMILES string of the molecule is Cc1ccc(-c2c(N(C)C(=O)O)c(CC3CC3)nc3ccc(O)cc23)cc1. The molecule has 2 N–H and O–H groups in total. The molecule has 4 rings (SSSR count). The van der Waals surface area contributed by atoms with Crippen LogP contribution in [0.5, 0.6) is 5.75 Å². The Morgan fingerprint density at radius 3 is 2.52 bits per heavy atom. The normalized spacial score (nSPS) is 13.7. The average molecular weight is 362 g/mol. The van der Waals surface area contributed by atoms with E-state index in [1.165, 1.54) is 4.90 Å². The summed E-state index contributed by atoms with van der Waals surface area (Å²) < 4.78 is 0. The molecular formula is C22H22N2O3. The number of fused-ring (bicyclic) bond motifs is 1. The van der Waals surface area contributed by atoms with Gasteiger partial charge in [-0.1, -0.05) is 29.8 Å². The summed E-state index contributed by atoms with van der Waals surface area (Å²) in [5.74, 6) is 0.704. The fraction of sp³-hybridized carbons (Fsp3) is 0.273. The average Bonchev–Trinajstić information content (AvgIpc) is 3.45. The van der Waals surface area contributed by atoms with Crippen molar-refractivity contribution >= 4 is 22.7 Å². The number of hydrogen-bond acceptors (Lipinski definition) is 3. The minimum absolute atomic E-state index is 0.136. The quantitative estimate of drug-likeness (QED) is 0.686. The van der Waals surface area contributed by atoms with Gasteiger partial charge in [0, 0.05) is 18.0 Å². The number of phenols is 1. The Bertz CT molecular complexity index is 1020. The number of anilines is 1. The fourth-order valence-corrected chi connectivity index (χ4v) is 3.50. The molecule has 0 saturated heterocycles. The van der Waals surface area contributed by atoms with Crippen molar-refractivity contribution in [2.24, 2.45) is 5.92 Å². The Morgan fingerprint density at radius 1 is 1.19 bits per heavy atom. The van der Waals surface area contributed by atoms with Crippen molar-refractivity contribution in [3.05, 3.63) is 53.7 Å². The van der Waals surface area contributed by atoms with E-state index in [-0.39, 0.29) is 5.75 Å². The van der Waals surface area contributed by atoms with Crippen LogP contribution in [-0.2, 0) is 6.42 Å². The number of hydrogen-bond donors (Lipinski definition) is 2. The van der Waals surface area contributed by atoms with E-state index in [1.807, 2.05) is 31.2 Å². The number of nitrogens with zero attached hydrogens (tertiary/aromatic N) is 2. The summed E-state index contributed by atoms with van der Waals surface area (Å²) in [4.78, 5) is 17.9. The molecule has 1 aromatic heterocycles. The largest absolute Gasteiger partial charge is 0.508 e. The lowest BCUT2D eigenvalue weighted by atomic mass is 9.95. The van der Waals surface area contributed by atoms with E-state index in [0.717, 1.165) is 52.5 Å². The number of phenolic OH excluding ortho intramolecular Hbond substituents is 1. The highest BCUT2D eigenvalue weighted by atomic mass is 16.4. The van der Waals surface area contributed by atoms with Gasteiger partial charge in [-0.3, -0.25) is 9.88 Å². The molecule has 1 saturated carbocycles. The van der Waals surface area contributed by atoms with Gasteiger partial charge in [0.15, 0.2) is 0 Å². The molecule has 3 aromatic rings. The maximum absolute atomic E-state index is 11.8. The van der Waals surface area contributed by atoms with Gasteiger partial charge in [-0.05, 0) is 55.9 Å². The van der Waals surface area contributed by atoms with Gasteiger partial charge in [-0.25, -0.2) is 4.79 Å². The highest BCUT2D eigenvalue weighted by Gasteiger charge is 2.28. The first kappa shape index (κ1) is 17.3. The number of amides is 1. The molecule has 0 bridgehead atoms. The lowest BCUT2D eigenvalue weighted by Gasteiger charge is -2.23. The molecule has 1 fully saturated rings. The molecular weight excluding hydrogens is 340 g/mol. The number of pyridine rings is 1. The van der Waals surface area contributed by atoms with Crippen molar-refractivity contribution < 1.29 is 15.0 Å². The van der Waals surface area contributed by atoms with E-state index in [2.05, 4.69) is 0 Å². The van der Waals surface area contributed by atoms with E-state index >= 15 is 0 Å². The number of carboxylic acid groups (broad SMARTS) is 1. The Kier molecular flexibility index (Phi) is 4.22. The number of rotatable bonds is 4. The molecule has 5 nitrogen and oxygen atoms in total. The van der Waals surface area contributed by atoms with Crippen LogP contribution in [0.1, 0.15) is 24.1 Å². The van der Waals surface area contributed by atoms with Crippen LogP contribution in [0.2, 0.25) is 0 Å².